The van der Waals surface area contributed by atoms with Gasteiger partial charge in [0.25, 0.3) is 5.91 Å². The molecule has 0 aliphatic heterocycles. The molecule has 0 spiro atoms. The lowest BCUT2D eigenvalue weighted by atomic mass is 10.1. The first-order valence-electron chi connectivity index (χ1n) is 5.80. The van der Waals surface area contributed by atoms with Crippen LogP contribution in [0.15, 0.2) is 24.3 Å². The molecule has 98 valence electrons. The van der Waals surface area contributed by atoms with E-state index >= 15 is 0 Å². The van der Waals surface area contributed by atoms with Crippen LogP contribution in [0, 0.1) is 9.49 Å². The summed E-state index contributed by atoms with van der Waals surface area (Å²) in [5.41, 5.74) is 6.33. The van der Waals surface area contributed by atoms with Crippen molar-refractivity contribution in [2.24, 2.45) is 11.7 Å². The molecule has 1 aromatic carbocycles. The van der Waals surface area contributed by atoms with Gasteiger partial charge in [-0.2, -0.15) is 0 Å². The van der Waals surface area contributed by atoms with Crippen LogP contribution < -0.4 is 5.73 Å². The molecule has 0 bridgehead atoms. The Kier molecular flexibility index (Phi) is 6.01. The summed E-state index contributed by atoms with van der Waals surface area (Å²) in [5, 5.41) is 0. The quantitative estimate of drug-likeness (QED) is 0.635. The lowest BCUT2D eigenvalue weighted by Gasteiger charge is -2.24. The van der Waals surface area contributed by atoms with Crippen LogP contribution in [-0.2, 0) is 0 Å². The SMILES string of the molecule is CCN(CC(C)C(N)=S)C(=O)c1ccccc1I. The van der Waals surface area contributed by atoms with Crippen LogP contribution in [0.25, 0.3) is 0 Å². The molecular weight excluding hydrogens is 359 g/mol. The molecule has 0 fully saturated rings. The van der Waals surface area contributed by atoms with Crippen molar-refractivity contribution in [1.29, 1.82) is 0 Å². The van der Waals surface area contributed by atoms with Crippen molar-refractivity contribution >= 4 is 45.7 Å². The second kappa shape index (κ2) is 7.04. The highest BCUT2D eigenvalue weighted by molar-refractivity contribution is 14.1. The lowest BCUT2D eigenvalue weighted by molar-refractivity contribution is 0.0754. The third-order valence-electron chi connectivity index (χ3n) is 2.75. The number of hydrogen-bond acceptors (Lipinski definition) is 2. The Labute approximate surface area is 127 Å². The first kappa shape index (κ1) is 15.4. The van der Waals surface area contributed by atoms with Crippen LogP contribution in [0.1, 0.15) is 24.2 Å². The Hall–Kier alpha value is -0.690. The maximum absolute atomic E-state index is 12.4. The second-order valence-corrected chi connectivity index (χ2v) is 5.76. The Bertz CT molecular complexity index is 450. The van der Waals surface area contributed by atoms with E-state index in [9.17, 15) is 4.79 Å². The van der Waals surface area contributed by atoms with E-state index in [0.717, 1.165) is 9.13 Å². The van der Waals surface area contributed by atoms with Crippen LogP contribution in [0.4, 0.5) is 0 Å². The topological polar surface area (TPSA) is 46.3 Å². The molecule has 1 atom stereocenters. The van der Waals surface area contributed by atoms with E-state index in [-0.39, 0.29) is 11.8 Å². The molecule has 0 aromatic heterocycles. The van der Waals surface area contributed by atoms with Crippen LogP contribution in [0.5, 0.6) is 0 Å². The summed E-state index contributed by atoms with van der Waals surface area (Å²) in [5.74, 6) is 0.0656. The number of amides is 1. The number of thiocarbonyl (C=S) groups is 1. The highest BCUT2D eigenvalue weighted by Crippen LogP contribution is 2.15. The Balaban J connectivity index is 2.86. The number of hydrogen-bond donors (Lipinski definition) is 1. The summed E-state index contributed by atoms with van der Waals surface area (Å²) in [6.07, 6.45) is 0. The van der Waals surface area contributed by atoms with Crippen LogP contribution in [-0.4, -0.2) is 28.9 Å². The van der Waals surface area contributed by atoms with Gasteiger partial charge in [-0.1, -0.05) is 31.3 Å². The molecule has 1 rings (SSSR count). The third kappa shape index (κ3) is 3.91. The standard InChI is InChI=1S/C13H17IN2OS/c1-3-16(8-9(2)12(15)18)13(17)10-6-4-5-7-11(10)14/h4-7,9H,3,8H2,1-2H3,(H2,15,18). The Morgan fingerprint density at radius 3 is 2.61 bits per heavy atom. The summed E-state index contributed by atoms with van der Waals surface area (Å²) in [7, 11) is 0. The van der Waals surface area contributed by atoms with Gasteiger partial charge in [0.05, 0.1) is 10.6 Å². The summed E-state index contributed by atoms with van der Waals surface area (Å²) < 4.78 is 0.960. The molecule has 0 radical (unpaired) electrons. The molecule has 1 aromatic rings. The van der Waals surface area contributed by atoms with Gasteiger partial charge in [0.1, 0.15) is 0 Å². The largest absolute Gasteiger partial charge is 0.393 e. The van der Waals surface area contributed by atoms with E-state index in [0.29, 0.717) is 18.1 Å². The average molecular weight is 376 g/mol. The molecule has 0 saturated carbocycles. The monoisotopic (exact) mass is 376 g/mol. The summed E-state index contributed by atoms with van der Waals surface area (Å²) in [6.45, 7) is 5.11. The van der Waals surface area contributed by atoms with Gasteiger partial charge in [-0.3, -0.25) is 4.79 Å². The zero-order chi connectivity index (χ0) is 13.7. The molecule has 2 N–H and O–H groups in total. The van der Waals surface area contributed by atoms with Crippen molar-refractivity contribution in [3.05, 3.63) is 33.4 Å². The number of carbonyl (C=O) groups excluding carboxylic acids is 1. The van der Waals surface area contributed by atoms with Gasteiger partial charge in [0.2, 0.25) is 0 Å². The number of rotatable bonds is 5. The maximum atomic E-state index is 12.4. The fourth-order valence-electron chi connectivity index (χ4n) is 1.58. The second-order valence-electron chi connectivity index (χ2n) is 4.13. The van der Waals surface area contributed by atoms with Gasteiger partial charge < -0.3 is 10.6 Å². The zero-order valence-electron chi connectivity index (χ0n) is 10.5. The molecular formula is C13H17IN2OS. The molecule has 5 heteroatoms. The van der Waals surface area contributed by atoms with Crippen molar-refractivity contribution in [2.75, 3.05) is 13.1 Å². The first-order chi connectivity index (χ1) is 8.47. The highest BCUT2D eigenvalue weighted by atomic mass is 127. The third-order valence-corrected chi connectivity index (χ3v) is 4.10. The molecule has 1 unspecified atom stereocenters. The van der Waals surface area contributed by atoms with E-state index in [1.807, 2.05) is 38.1 Å². The summed E-state index contributed by atoms with van der Waals surface area (Å²) in [6, 6.07) is 7.57. The molecule has 3 nitrogen and oxygen atoms in total. The van der Waals surface area contributed by atoms with Crippen molar-refractivity contribution in [1.82, 2.24) is 4.90 Å². The number of halogens is 1. The highest BCUT2D eigenvalue weighted by Gasteiger charge is 2.19. The van der Waals surface area contributed by atoms with Crippen LogP contribution in [0.3, 0.4) is 0 Å². The van der Waals surface area contributed by atoms with Crippen molar-refractivity contribution in [3.8, 4) is 0 Å². The summed E-state index contributed by atoms with van der Waals surface area (Å²) in [4.78, 5) is 14.6. The lowest BCUT2D eigenvalue weighted by Crippen LogP contribution is -2.38. The minimum atomic E-state index is 0.0327. The predicted molar refractivity (Wildman–Crippen MR) is 86.7 cm³/mol. The Morgan fingerprint density at radius 1 is 1.50 bits per heavy atom. The van der Waals surface area contributed by atoms with Gasteiger partial charge in [-0.15, -0.1) is 0 Å². The van der Waals surface area contributed by atoms with Crippen LogP contribution in [0.2, 0.25) is 0 Å². The fourth-order valence-corrected chi connectivity index (χ4v) is 2.27. The van der Waals surface area contributed by atoms with E-state index in [2.05, 4.69) is 22.6 Å². The number of benzene rings is 1. The van der Waals surface area contributed by atoms with Gasteiger partial charge >= 0.3 is 0 Å². The molecule has 18 heavy (non-hydrogen) atoms. The van der Waals surface area contributed by atoms with Crippen molar-refractivity contribution in [2.45, 2.75) is 13.8 Å². The number of carbonyl (C=O) groups is 1. The predicted octanol–water partition coefficient (Wildman–Crippen LogP) is 2.68. The smallest absolute Gasteiger partial charge is 0.254 e. The first-order valence-corrected chi connectivity index (χ1v) is 7.29. The number of nitrogens with zero attached hydrogens (tertiary/aromatic N) is 1. The van der Waals surface area contributed by atoms with E-state index in [4.69, 9.17) is 18.0 Å². The number of nitrogens with two attached hydrogens (primary N) is 1. The van der Waals surface area contributed by atoms with Gasteiger partial charge in [0, 0.05) is 22.6 Å². The van der Waals surface area contributed by atoms with Gasteiger partial charge in [-0.05, 0) is 41.6 Å². The van der Waals surface area contributed by atoms with Gasteiger partial charge in [0.15, 0.2) is 0 Å². The van der Waals surface area contributed by atoms with Gasteiger partial charge in [-0.25, -0.2) is 0 Å². The van der Waals surface area contributed by atoms with Crippen molar-refractivity contribution < 1.29 is 4.79 Å². The van der Waals surface area contributed by atoms with Crippen molar-refractivity contribution in [3.63, 3.8) is 0 Å². The minimum absolute atomic E-state index is 0.0327. The van der Waals surface area contributed by atoms with Crippen LogP contribution >= 0.6 is 34.8 Å². The normalized spacial score (nSPS) is 11.9. The minimum Gasteiger partial charge on any atom is -0.393 e. The van der Waals surface area contributed by atoms with E-state index in [1.165, 1.54) is 0 Å². The Morgan fingerprint density at radius 2 is 2.11 bits per heavy atom. The maximum Gasteiger partial charge on any atom is 0.254 e. The molecule has 0 aliphatic carbocycles. The molecule has 0 aliphatic rings. The van der Waals surface area contributed by atoms with E-state index in [1.54, 1.807) is 4.90 Å². The molecule has 0 heterocycles. The zero-order valence-corrected chi connectivity index (χ0v) is 13.5. The fraction of sp³-hybridized carbons (Fsp3) is 0.385. The molecule has 1 amide bonds. The molecule has 0 saturated heterocycles. The average Bonchev–Trinajstić information content (AvgIpc) is 2.35. The summed E-state index contributed by atoms with van der Waals surface area (Å²) >= 11 is 7.13. The van der Waals surface area contributed by atoms with E-state index < -0.39 is 0 Å².